The van der Waals surface area contributed by atoms with Gasteiger partial charge in [-0.1, -0.05) is 5.16 Å². The van der Waals surface area contributed by atoms with Crippen LogP contribution in [0.2, 0.25) is 0 Å². The van der Waals surface area contributed by atoms with E-state index in [2.05, 4.69) is 26.4 Å². The van der Waals surface area contributed by atoms with Gasteiger partial charge in [-0.2, -0.15) is 0 Å². The molecule has 0 amide bonds. The third-order valence-electron chi connectivity index (χ3n) is 2.80. The lowest BCUT2D eigenvalue weighted by Gasteiger charge is -2.09. The summed E-state index contributed by atoms with van der Waals surface area (Å²) in [6.07, 6.45) is 0. The molecule has 0 atom stereocenters. The van der Waals surface area contributed by atoms with Crippen molar-refractivity contribution in [2.24, 2.45) is 0 Å². The summed E-state index contributed by atoms with van der Waals surface area (Å²) in [7, 11) is 1.65. The Bertz CT molecular complexity index is 532. The molecule has 2 rings (SSSR count). The SMILES string of the molecule is COc1cc(NCc2c(C)noc2C)ccc1Br. The van der Waals surface area contributed by atoms with E-state index in [-0.39, 0.29) is 0 Å². The lowest BCUT2D eigenvalue weighted by atomic mass is 10.2. The molecule has 1 N–H and O–H groups in total. The van der Waals surface area contributed by atoms with Crippen molar-refractivity contribution in [2.45, 2.75) is 20.4 Å². The molecule has 0 saturated heterocycles. The van der Waals surface area contributed by atoms with Gasteiger partial charge in [-0.05, 0) is 41.9 Å². The van der Waals surface area contributed by atoms with Gasteiger partial charge >= 0.3 is 0 Å². The summed E-state index contributed by atoms with van der Waals surface area (Å²) in [5.41, 5.74) is 3.01. The van der Waals surface area contributed by atoms with Gasteiger partial charge in [-0.3, -0.25) is 0 Å². The highest BCUT2D eigenvalue weighted by atomic mass is 79.9. The Morgan fingerprint density at radius 2 is 2.17 bits per heavy atom. The first-order valence-corrected chi connectivity index (χ1v) is 6.40. The van der Waals surface area contributed by atoms with Crippen LogP contribution in [0.3, 0.4) is 0 Å². The minimum absolute atomic E-state index is 0.686. The molecular formula is C13H15BrN2O2. The molecular weight excluding hydrogens is 296 g/mol. The second kappa shape index (κ2) is 5.44. The normalized spacial score (nSPS) is 10.4. The van der Waals surface area contributed by atoms with Crippen LogP contribution in [0, 0.1) is 13.8 Å². The molecule has 18 heavy (non-hydrogen) atoms. The van der Waals surface area contributed by atoms with E-state index in [4.69, 9.17) is 9.26 Å². The summed E-state index contributed by atoms with van der Waals surface area (Å²) in [5.74, 6) is 1.66. The van der Waals surface area contributed by atoms with Crippen LogP contribution in [-0.2, 0) is 6.54 Å². The predicted molar refractivity (Wildman–Crippen MR) is 74.0 cm³/mol. The Balaban J connectivity index is 2.11. The average Bonchev–Trinajstić information content (AvgIpc) is 2.68. The van der Waals surface area contributed by atoms with Crippen LogP contribution in [0.5, 0.6) is 5.75 Å². The highest BCUT2D eigenvalue weighted by Crippen LogP contribution is 2.28. The van der Waals surface area contributed by atoms with E-state index >= 15 is 0 Å². The number of hydrogen-bond acceptors (Lipinski definition) is 4. The fraction of sp³-hybridized carbons (Fsp3) is 0.308. The summed E-state index contributed by atoms with van der Waals surface area (Å²) in [4.78, 5) is 0. The van der Waals surface area contributed by atoms with Crippen LogP contribution in [0.1, 0.15) is 17.0 Å². The van der Waals surface area contributed by atoms with Gasteiger partial charge in [0, 0.05) is 23.9 Å². The molecule has 0 aliphatic heterocycles. The summed E-state index contributed by atoms with van der Waals surface area (Å²) in [6, 6.07) is 5.89. The minimum atomic E-state index is 0.686. The molecule has 5 heteroatoms. The van der Waals surface area contributed by atoms with E-state index in [1.807, 2.05) is 32.0 Å². The Kier molecular flexibility index (Phi) is 3.91. The molecule has 0 aliphatic carbocycles. The molecule has 96 valence electrons. The van der Waals surface area contributed by atoms with Gasteiger partial charge in [0.15, 0.2) is 0 Å². The van der Waals surface area contributed by atoms with E-state index in [1.165, 1.54) is 0 Å². The van der Waals surface area contributed by atoms with Gasteiger partial charge in [-0.25, -0.2) is 0 Å². The molecule has 0 spiro atoms. The molecule has 0 saturated carbocycles. The molecule has 0 aliphatic rings. The zero-order valence-electron chi connectivity index (χ0n) is 10.6. The minimum Gasteiger partial charge on any atom is -0.495 e. The van der Waals surface area contributed by atoms with Crippen molar-refractivity contribution in [1.82, 2.24) is 5.16 Å². The molecule has 1 aromatic heterocycles. The van der Waals surface area contributed by atoms with Crippen LogP contribution in [-0.4, -0.2) is 12.3 Å². The number of aromatic nitrogens is 1. The van der Waals surface area contributed by atoms with Crippen molar-refractivity contribution >= 4 is 21.6 Å². The monoisotopic (exact) mass is 310 g/mol. The highest BCUT2D eigenvalue weighted by molar-refractivity contribution is 9.10. The molecule has 0 bridgehead atoms. The maximum Gasteiger partial charge on any atom is 0.138 e. The fourth-order valence-corrected chi connectivity index (χ4v) is 2.12. The largest absolute Gasteiger partial charge is 0.495 e. The maximum absolute atomic E-state index is 5.25. The zero-order chi connectivity index (χ0) is 13.1. The van der Waals surface area contributed by atoms with E-state index in [9.17, 15) is 0 Å². The van der Waals surface area contributed by atoms with E-state index in [0.717, 1.165) is 32.9 Å². The van der Waals surface area contributed by atoms with Crippen molar-refractivity contribution in [3.8, 4) is 5.75 Å². The molecule has 4 nitrogen and oxygen atoms in total. The number of halogens is 1. The van der Waals surface area contributed by atoms with Gasteiger partial charge < -0.3 is 14.6 Å². The zero-order valence-corrected chi connectivity index (χ0v) is 12.2. The molecule has 1 heterocycles. The number of aryl methyl sites for hydroxylation is 2. The van der Waals surface area contributed by atoms with Gasteiger partial charge in [0.05, 0.1) is 17.3 Å². The van der Waals surface area contributed by atoms with Crippen LogP contribution in [0.25, 0.3) is 0 Å². The highest BCUT2D eigenvalue weighted by Gasteiger charge is 2.08. The predicted octanol–water partition coefficient (Wildman–Crippen LogP) is 3.67. The summed E-state index contributed by atoms with van der Waals surface area (Å²) < 4.78 is 11.3. The topological polar surface area (TPSA) is 47.3 Å². The Morgan fingerprint density at radius 3 is 2.78 bits per heavy atom. The van der Waals surface area contributed by atoms with Crippen molar-refractivity contribution < 1.29 is 9.26 Å². The van der Waals surface area contributed by atoms with Crippen LogP contribution >= 0.6 is 15.9 Å². The van der Waals surface area contributed by atoms with E-state index in [0.29, 0.717) is 6.54 Å². The smallest absolute Gasteiger partial charge is 0.138 e. The van der Waals surface area contributed by atoms with Gasteiger partial charge in [0.25, 0.3) is 0 Å². The standard InChI is InChI=1S/C13H15BrN2O2/c1-8-11(9(2)18-16-8)7-15-10-4-5-12(14)13(6-10)17-3/h4-6,15H,7H2,1-3H3. The lowest BCUT2D eigenvalue weighted by Crippen LogP contribution is -2.01. The number of nitrogens with zero attached hydrogens (tertiary/aromatic N) is 1. The van der Waals surface area contributed by atoms with Gasteiger partial charge in [0.2, 0.25) is 0 Å². The van der Waals surface area contributed by atoms with Gasteiger partial charge in [0.1, 0.15) is 11.5 Å². The molecule has 1 aromatic carbocycles. The number of ether oxygens (including phenoxy) is 1. The number of hydrogen-bond donors (Lipinski definition) is 1. The first-order chi connectivity index (χ1) is 8.61. The Hall–Kier alpha value is -1.49. The Morgan fingerprint density at radius 1 is 1.39 bits per heavy atom. The van der Waals surface area contributed by atoms with Crippen molar-refractivity contribution in [3.63, 3.8) is 0 Å². The van der Waals surface area contributed by atoms with Crippen LogP contribution in [0.4, 0.5) is 5.69 Å². The molecule has 0 radical (unpaired) electrons. The van der Waals surface area contributed by atoms with Crippen LogP contribution in [0.15, 0.2) is 27.2 Å². The maximum atomic E-state index is 5.25. The van der Waals surface area contributed by atoms with E-state index < -0.39 is 0 Å². The number of methoxy groups -OCH3 is 1. The Labute approximate surface area is 114 Å². The molecule has 0 fully saturated rings. The number of nitrogens with one attached hydrogen (secondary N) is 1. The van der Waals surface area contributed by atoms with Crippen molar-refractivity contribution in [1.29, 1.82) is 0 Å². The average molecular weight is 311 g/mol. The summed E-state index contributed by atoms with van der Waals surface area (Å²) in [6.45, 7) is 4.54. The second-order valence-electron chi connectivity index (χ2n) is 4.01. The summed E-state index contributed by atoms with van der Waals surface area (Å²) >= 11 is 3.43. The molecule has 0 unspecified atom stereocenters. The van der Waals surface area contributed by atoms with Crippen molar-refractivity contribution in [3.05, 3.63) is 39.7 Å². The van der Waals surface area contributed by atoms with E-state index in [1.54, 1.807) is 7.11 Å². The number of rotatable bonds is 4. The third-order valence-corrected chi connectivity index (χ3v) is 3.46. The summed E-state index contributed by atoms with van der Waals surface area (Å²) in [5, 5.41) is 7.26. The number of benzene rings is 1. The fourth-order valence-electron chi connectivity index (χ4n) is 1.71. The first-order valence-electron chi connectivity index (χ1n) is 5.61. The number of anilines is 1. The second-order valence-corrected chi connectivity index (χ2v) is 4.86. The first kappa shape index (κ1) is 13.0. The molecule has 2 aromatic rings. The lowest BCUT2D eigenvalue weighted by molar-refractivity contribution is 0.392. The van der Waals surface area contributed by atoms with Crippen LogP contribution < -0.4 is 10.1 Å². The van der Waals surface area contributed by atoms with Gasteiger partial charge in [-0.15, -0.1) is 0 Å². The van der Waals surface area contributed by atoms with Crippen molar-refractivity contribution in [2.75, 3.05) is 12.4 Å². The third kappa shape index (κ3) is 2.67. The quantitative estimate of drug-likeness (QED) is 0.936.